The van der Waals surface area contributed by atoms with Gasteiger partial charge in [0.1, 0.15) is 5.82 Å². The second-order valence-electron chi connectivity index (χ2n) is 6.28. The molecular formula is C19H22FN3O. The van der Waals surface area contributed by atoms with Crippen LogP contribution in [0.25, 0.3) is 0 Å². The van der Waals surface area contributed by atoms with E-state index in [2.05, 4.69) is 17.1 Å². The predicted octanol–water partition coefficient (Wildman–Crippen LogP) is 4.04. The third kappa shape index (κ3) is 3.50. The van der Waals surface area contributed by atoms with Gasteiger partial charge in [0, 0.05) is 23.8 Å². The van der Waals surface area contributed by atoms with Gasteiger partial charge in [0.05, 0.1) is 11.4 Å². The van der Waals surface area contributed by atoms with E-state index in [9.17, 15) is 9.18 Å². The highest BCUT2D eigenvalue weighted by Crippen LogP contribution is 2.33. The van der Waals surface area contributed by atoms with Gasteiger partial charge >= 0.3 is 0 Å². The van der Waals surface area contributed by atoms with E-state index in [-0.39, 0.29) is 11.5 Å². The van der Waals surface area contributed by atoms with Crippen molar-refractivity contribution in [3.63, 3.8) is 0 Å². The average molecular weight is 327 g/mol. The van der Waals surface area contributed by atoms with Crippen LogP contribution in [0.5, 0.6) is 0 Å². The molecule has 1 fully saturated rings. The molecule has 2 aromatic rings. The van der Waals surface area contributed by atoms with E-state index in [1.165, 1.54) is 24.6 Å². The molecule has 3 rings (SSSR count). The van der Waals surface area contributed by atoms with Gasteiger partial charge in [-0.3, -0.25) is 4.79 Å². The van der Waals surface area contributed by atoms with Crippen LogP contribution in [0.15, 0.2) is 42.5 Å². The molecule has 5 heteroatoms. The number of halogens is 1. The molecule has 2 aromatic carbocycles. The largest absolute Gasteiger partial charge is 0.399 e. The van der Waals surface area contributed by atoms with E-state index in [1.807, 2.05) is 12.1 Å². The number of carbonyl (C=O) groups is 1. The van der Waals surface area contributed by atoms with E-state index in [0.717, 1.165) is 25.1 Å². The maximum absolute atomic E-state index is 13.3. The fourth-order valence-corrected chi connectivity index (χ4v) is 3.18. The molecule has 1 aliphatic heterocycles. The first kappa shape index (κ1) is 16.3. The molecule has 4 nitrogen and oxygen atoms in total. The molecule has 1 saturated heterocycles. The van der Waals surface area contributed by atoms with E-state index < -0.39 is 5.82 Å². The van der Waals surface area contributed by atoms with Gasteiger partial charge in [-0.25, -0.2) is 4.39 Å². The van der Waals surface area contributed by atoms with Crippen molar-refractivity contribution in [2.45, 2.75) is 32.2 Å². The Balaban J connectivity index is 1.89. The number of rotatable bonds is 3. The molecule has 1 aliphatic rings. The summed E-state index contributed by atoms with van der Waals surface area (Å²) in [5.74, 6) is -0.772. The number of nitrogens with two attached hydrogens (primary N) is 1. The van der Waals surface area contributed by atoms with Crippen LogP contribution in [0.2, 0.25) is 0 Å². The van der Waals surface area contributed by atoms with E-state index >= 15 is 0 Å². The van der Waals surface area contributed by atoms with E-state index in [0.29, 0.717) is 17.4 Å². The van der Waals surface area contributed by atoms with Crippen LogP contribution in [0, 0.1) is 5.82 Å². The molecule has 1 amide bonds. The lowest BCUT2D eigenvalue weighted by Crippen LogP contribution is -2.38. The minimum absolute atomic E-state index is 0.287. The van der Waals surface area contributed by atoms with Crippen LogP contribution in [-0.2, 0) is 0 Å². The first-order valence-electron chi connectivity index (χ1n) is 8.27. The molecule has 1 heterocycles. The number of nitrogen functional groups attached to an aromatic ring is 1. The van der Waals surface area contributed by atoms with E-state index in [4.69, 9.17) is 5.73 Å². The standard InChI is InChI=1S/C19H22FN3O/c1-13-5-2-3-10-23(13)18-9-8-16(21)12-17(18)22-19(24)14-6-4-7-15(20)11-14/h4,6-9,11-13H,2-3,5,10,21H2,1H3,(H,22,24). The zero-order chi connectivity index (χ0) is 17.1. The first-order chi connectivity index (χ1) is 11.5. The molecule has 1 atom stereocenters. The van der Waals surface area contributed by atoms with Gasteiger partial charge in [-0.05, 0) is 62.6 Å². The number of hydrogen-bond acceptors (Lipinski definition) is 3. The Kier molecular flexibility index (Phi) is 4.69. The molecule has 1 unspecified atom stereocenters. The van der Waals surface area contributed by atoms with Crippen LogP contribution in [-0.4, -0.2) is 18.5 Å². The monoisotopic (exact) mass is 327 g/mol. The molecule has 0 bridgehead atoms. The van der Waals surface area contributed by atoms with Crippen molar-refractivity contribution in [1.82, 2.24) is 0 Å². The predicted molar refractivity (Wildman–Crippen MR) is 95.9 cm³/mol. The topological polar surface area (TPSA) is 58.4 Å². The summed E-state index contributed by atoms with van der Waals surface area (Å²) in [6.45, 7) is 3.14. The van der Waals surface area contributed by atoms with Crippen LogP contribution in [0.4, 0.5) is 21.5 Å². The highest BCUT2D eigenvalue weighted by molar-refractivity contribution is 6.06. The highest BCUT2D eigenvalue weighted by atomic mass is 19.1. The Morgan fingerprint density at radius 1 is 1.25 bits per heavy atom. The number of carbonyl (C=O) groups excluding carboxylic acids is 1. The summed E-state index contributed by atoms with van der Waals surface area (Å²) in [5, 5.41) is 2.89. The summed E-state index contributed by atoms with van der Waals surface area (Å²) in [6.07, 6.45) is 3.48. The SMILES string of the molecule is CC1CCCCN1c1ccc(N)cc1NC(=O)c1cccc(F)c1. The van der Waals surface area contributed by atoms with Crippen molar-refractivity contribution in [2.75, 3.05) is 22.5 Å². The minimum atomic E-state index is -0.430. The Morgan fingerprint density at radius 2 is 2.08 bits per heavy atom. The van der Waals surface area contributed by atoms with Gasteiger partial charge in [-0.1, -0.05) is 6.07 Å². The Bertz CT molecular complexity index is 747. The van der Waals surface area contributed by atoms with Crippen molar-refractivity contribution in [3.8, 4) is 0 Å². The van der Waals surface area contributed by atoms with Crippen molar-refractivity contribution in [1.29, 1.82) is 0 Å². The van der Waals surface area contributed by atoms with Gasteiger partial charge in [-0.2, -0.15) is 0 Å². The van der Waals surface area contributed by atoms with Crippen molar-refractivity contribution < 1.29 is 9.18 Å². The number of nitrogens with zero attached hydrogens (tertiary/aromatic N) is 1. The normalized spacial score (nSPS) is 17.6. The quantitative estimate of drug-likeness (QED) is 0.837. The van der Waals surface area contributed by atoms with Crippen molar-refractivity contribution >= 4 is 23.0 Å². The Hall–Kier alpha value is -2.56. The second kappa shape index (κ2) is 6.91. The molecule has 0 saturated carbocycles. The summed E-state index contributed by atoms with van der Waals surface area (Å²) in [6, 6.07) is 11.6. The van der Waals surface area contributed by atoms with Gasteiger partial charge in [-0.15, -0.1) is 0 Å². The second-order valence-corrected chi connectivity index (χ2v) is 6.28. The van der Waals surface area contributed by atoms with Crippen LogP contribution in [0.1, 0.15) is 36.5 Å². The molecule has 24 heavy (non-hydrogen) atoms. The summed E-state index contributed by atoms with van der Waals surface area (Å²) < 4.78 is 13.3. The molecule has 0 radical (unpaired) electrons. The maximum atomic E-state index is 13.3. The summed E-state index contributed by atoms with van der Waals surface area (Å²) in [4.78, 5) is 14.8. The highest BCUT2D eigenvalue weighted by Gasteiger charge is 2.22. The lowest BCUT2D eigenvalue weighted by Gasteiger charge is -2.36. The molecule has 0 spiro atoms. The number of piperidine rings is 1. The number of anilines is 3. The number of amides is 1. The lowest BCUT2D eigenvalue weighted by molar-refractivity contribution is 0.102. The zero-order valence-corrected chi connectivity index (χ0v) is 13.8. The molecule has 3 N–H and O–H groups in total. The third-order valence-electron chi connectivity index (χ3n) is 4.47. The third-order valence-corrected chi connectivity index (χ3v) is 4.47. The minimum Gasteiger partial charge on any atom is -0.399 e. The smallest absolute Gasteiger partial charge is 0.255 e. The number of nitrogens with one attached hydrogen (secondary N) is 1. The number of benzene rings is 2. The van der Waals surface area contributed by atoms with Gasteiger partial charge < -0.3 is 16.0 Å². The molecule has 0 aliphatic carbocycles. The van der Waals surface area contributed by atoms with Gasteiger partial charge in [0.2, 0.25) is 0 Å². The Labute approximate surface area is 141 Å². The summed E-state index contributed by atoms with van der Waals surface area (Å²) in [7, 11) is 0. The first-order valence-corrected chi connectivity index (χ1v) is 8.27. The Morgan fingerprint density at radius 3 is 2.83 bits per heavy atom. The van der Waals surface area contributed by atoms with Gasteiger partial charge in [0.25, 0.3) is 5.91 Å². The zero-order valence-electron chi connectivity index (χ0n) is 13.8. The summed E-state index contributed by atoms with van der Waals surface area (Å²) >= 11 is 0. The maximum Gasteiger partial charge on any atom is 0.255 e. The van der Waals surface area contributed by atoms with Crippen LogP contribution < -0.4 is 16.0 Å². The van der Waals surface area contributed by atoms with E-state index in [1.54, 1.807) is 12.1 Å². The van der Waals surface area contributed by atoms with Crippen LogP contribution in [0.3, 0.4) is 0 Å². The molecule has 0 aromatic heterocycles. The molecule has 126 valence electrons. The summed E-state index contributed by atoms with van der Waals surface area (Å²) in [5.41, 5.74) is 8.39. The average Bonchev–Trinajstić information content (AvgIpc) is 2.56. The van der Waals surface area contributed by atoms with Crippen molar-refractivity contribution in [2.24, 2.45) is 0 Å². The van der Waals surface area contributed by atoms with Gasteiger partial charge in [0.15, 0.2) is 0 Å². The molecular weight excluding hydrogens is 305 g/mol. The fourth-order valence-electron chi connectivity index (χ4n) is 3.18. The van der Waals surface area contributed by atoms with Crippen LogP contribution >= 0.6 is 0 Å². The fraction of sp³-hybridized carbons (Fsp3) is 0.316. The number of hydrogen-bond donors (Lipinski definition) is 2. The lowest BCUT2D eigenvalue weighted by atomic mass is 10.0. The van der Waals surface area contributed by atoms with Crippen molar-refractivity contribution in [3.05, 3.63) is 53.8 Å².